The van der Waals surface area contributed by atoms with Crippen LogP contribution >= 0.6 is 11.6 Å². The number of nitrogens with one attached hydrogen (secondary N) is 1. The number of anilines is 1. The quantitative estimate of drug-likeness (QED) is 0.333. The average Bonchev–Trinajstić information content (AvgIpc) is 3.51. The minimum Gasteiger partial charge on any atom is -0.469 e. The maximum atomic E-state index is 12.7. The molecule has 0 radical (unpaired) electrons. The lowest BCUT2D eigenvalue weighted by atomic mass is 9.82. The van der Waals surface area contributed by atoms with Crippen molar-refractivity contribution in [3.63, 3.8) is 0 Å². The van der Waals surface area contributed by atoms with Gasteiger partial charge in [0.2, 0.25) is 0 Å². The molecule has 1 heterocycles. The van der Waals surface area contributed by atoms with Crippen LogP contribution in [0.4, 0.5) is 10.5 Å². The summed E-state index contributed by atoms with van der Waals surface area (Å²) in [5.74, 6) is 0.766. The number of hydrogen-bond donors (Lipinski definition) is 1. The molecule has 2 aliphatic carbocycles. The van der Waals surface area contributed by atoms with Crippen LogP contribution < -0.4 is 5.32 Å². The first kappa shape index (κ1) is 25.8. The molecular formula is C30H29ClN2O5. The van der Waals surface area contributed by atoms with Gasteiger partial charge in [0.1, 0.15) is 17.5 Å². The summed E-state index contributed by atoms with van der Waals surface area (Å²) < 4.78 is 16.1. The van der Waals surface area contributed by atoms with E-state index in [1.807, 2.05) is 42.5 Å². The molecule has 8 heteroatoms. The third kappa shape index (κ3) is 5.11. The van der Waals surface area contributed by atoms with E-state index in [1.54, 1.807) is 19.9 Å². The van der Waals surface area contributed by atoms with Gasteiger partial charge >= 0.3 is 12.1 Å². The van der Waals surface area contributed by atoms with Crippen LogP contribution in [-0.2, 0) is 14.3 Å². The Balaban J connectivity index is 1.29. The molecule has 5 rings (SSSR count). The lowest BCUT2D eigenvalue weighted by molar-refractivity contribution is -0.146. The highest BCUT2D eigenvalue weighted by molar-refractivity contribution is 6.31. The molecule has 1 aromatic heterocycles. The molecule has 38 heavy (non-hydrogen) atoms. The molecule has 0 aliphatic heterocycles. The van der Waals surface area contributed by atoms with E-state index in [9.17, 15) is 9.59 Å². The normalized spacial score (nSPS) is 20.8. The number of hydrogen-bond acceptors (Lipinski definition) is 6. The minimum atomic E-state index is -0.629. The van der Waals surface area contributed by atoms with Crippen LogP contribution in [0.5, 0.6) is 0 Å². The van der Waals surface area contributed by atoms with Crippen molar-refractivity contribution in [1.29, 1.82) is 0 Å². The van der Waals surface area contributed by atoms with Crippen LogP contribution in [0.15, 0.2) is 71.3 Å². The number of aromatic nitrogens is 1. The molecule has 2 aromatic carbocycles. The first-order valence-electron chi connectivity index (χ1n) is 12.6. The van der Waals surface area contributed by atoms with Gasteiger partial charge in [-0.15, -0.1) is 0 Å². The molecule has 2 aliphatic rings. The van der Waals surface area contributed by atoms with E-state index in [2.05, 4.69) is 28.7 Å². The van der Waals surface area contributed by atoms with E-state index >= 15 is 0 Å². The molecule has 1 amide bonds. The zero-order valence-electron chi connectivity index (χ0n) is 21.4. The zero-order valence-corrected chi connectivity index (χ0v) is 22.2. The SMILES string of the molecule is COC(=O)C1CCC2C=C(c3ccc(-c4onc(C)c4NC(=O)OC(C)c4ccccc4Cl)cc3)C=CC21. The Labute approximate surface area is 226 Å². The summed E-state index contributed by atoms with van der Waals surface area (Å²) in [7, 11) is 1.45. The Morgan fingerprint density at radius 3 is 2.58 bits per heavy atom. The van der Waals surface area contributed by atoms with Gasteiger partial charge < -0.3 is 14.0 Å². The largest absolute Gasteiger partial charge is 0.469 e. The smallest absolute Gasteiger partial charge is 0.412 e. The molecule has 0 bridgehead atoms. The van der Waals surface area contributed by atoms with Crippen LogP contribution in [0.25, 0.3) is 16.9 Å². The topological polar surface area (TPSA) is 90.7 Å². The highest BCUT2D eigenvalue weighted by Crippen LogP contribution is 2.44. The van der Waals surface area contributed by atoms with Crippen LogP contribution in [0, 0.1) is 24.7 Å². The number of carbonyl (C=O) groups excluding carboxylic acids is 2. The summed E-state index contributed by atoms with van der Waals surface area (Å²) in [5.41, 5.74) is 4.66. The van der Waals surface area contributed by atoms with Crippen molar-refractivity contribution in [3.05, 3.63) is 88.6 Å². The third-order valence-electron chi connectivity index (χ3n) is 7.36. The summed E-state index contributed by atoms with van der Waals surface area (Å²) in [6.07, 6.45) is 7.12. The average molecular weight is 533 g/mol. The van der Waals surface area contributed by atoms with Gasteiger partial charge in [-0.2, -0.15) is 0 Å². The van der Waals surface area contributed by atoms with Gasteiger partial charge in [-0.3, -0.25) is 10.1 Å². The standard InChI is InChI=1S/C30H29ClN2O5/c1-17-27(32-30(35)37-18(2)23-6-4-5-7-26(23)31)28(38-33-17)20-10-8-19(9-11-20)21-12-14-24-22(16-21)13-15-25(24)29(34)36-3/h4-12,14,16,18,22,24-25H,13,15H2,1-3H3,(H,32,35). The molecule has 3 aromatic rings. The summed E-state index contributed by atoms with van der Waals surface area (Å²) in [6.45, 7) is 3.52. The van der Waals surface area contributed by atoms with Crippen molar-refractivity contribution in [3.8, 4) is 11.3 Å². The predicted octanol–water partition coefficient (Wildman–Crippen LogP) is 7.38. The van der Waals surface area contributed by atoms with Crippen molar-refractivity contribution in [1.82, 2.24) is 5.16 Å². The first-order valence-corrected chi connectivity index (χ1v) is 13.0. The second-order valence-corrected chi connectivity index (χ2v) is 10.1. The maximum Gasteiger partial charge on any atom is 0.412 e. The number of allylic oxidation sites excluding steroid dienone is 4. The monoisotopic (exact) mass is 532 g/mol. The molecule has 0 spiro atoms. The molecule has 196 valence electrons. The molecule has 1 fully saturated rings. The number of rotatable bonds is 6. The number of nitrogens with zero attached hydrogens (tertiary/aromatic N) is 1. The molecule has 0 saturated heterocycles. The van der Waals surface area contributed by atoms with E-state index in [-0.39, 0.29) is 17.8 Å². The number of ether oxygens (including phenoxy) is 2. The summed E-state index contributed by atoms with van der Waals surface area (Å²) in [4.78, 5) is 24.8. The van der Waals surface area contributed by atoms with E-state index in [0.29, 0.717) is 28.1 Å². The number of esters is 1. The second-order valence-electron chi connectivity index (χ2n) is 9.67. The molecular weight excluding hydrogens is 504 g/mol. The Morgan fingerprint density at radius 2 is 1.84 bits per heavy atom. The van der Waals surface area contributed by atoms with E-state index in [1.165, 1.54) is 7.11 Å². The fourth-order valence-electron chi connectivity index (χ4n) is 5.33. The number of aryl methyl sites for hydroxylation is 1. The van der Waals surface area contributed by atoms with Gasteiger partial charge in [0, 0.05) is 16.1 Å². The number of benzene rings is 2. The van der Waals surface area contributed by atoms with Crippen molar-refractivity contribution in [2.75, 3.05) is 12.4 Å². The van der Waals surface area contributed by atoms with Crippen molar-refractivity contribution in [2.24, 2.45) is 17.8 Å². The number of fused-ring (bicyclic) bond motifs is 1. The summed E-state index contributed by atoms with van der Waals surface area (Å²) in [6, 6.07) is 15.1. The minimum absolute atomic E-state index is 0.0682. The Bertz CT molecular complexity index is 1410. The Kier molecular flexibility index (Phi) is 7.38. The van der Waals surface area contributed by atoms with Crippen LogP contribution in [0.1, 0.15) is 42.7 Å². The molecule has 4 atom stereocenters. The Hall–Kier alpha value is -3.84. The summed E-state index contributed by atoms with van der Waals surface area (Å²) in [5, 5.41) is 7.36. The maximum absolute atomic E-state index is 12.7. The van der Waals surface area contributed by atoms with Crippen molar-refractivity contribution >= 4 is 34.9 Å². The predicted molar refractivity (Wildman–Crippen MR) is 145 cm³/mol. The summed E-state index contributed by atoms with van der Waals surface area (Å²) >= 11 is 6.23. The van der Waals surface area contributed by atoms with Gasteiger partial charge in [0.25, 0.3) is 0 Å². The van der Waals surface area contributed by atoms with Crippen molar-refractivity contribution in [2.45, 2.75) is 32.8 Å². The van der Waals surface area contributed by atoms with Gasteiger partial charge in [0.05, 0.1) is 13.0 Å². The fraction of sp³-hybridized carbons (Fsp3) is 0.300. The van der Waals surface area contributed by atoms with Gasteiger partial charge in [0.15, 0.2) is 5.76 Å². The van der Waals surface area contributed by atoms with Gasteiger partial charge in [-0.25, -0.2) is 4.79 Å². The third-order valence-corrected chi connectivity index (χ3v) is 7.71. The highest BCUT2D eigenvalue weighted by Gasteiger charge is 2.39. The first-order chi connectivity index (χ1) is 18.4. The van der Waals surface area contributed by atoms with Gasteiger partial charge in [-0.05, 0) is 55.7 Å². The van der Waals surface area contributed by atoms with Gasteiger partial charge in [-0.1, -0.05) is 77.5 Å². The van der Waals surface area contributed by atoms with Crippen LogP contribution in [0.2, 0.25) is 5.02 Å². The zero-order chi connectivity index (χ0) is 26.8. The number of methoxy groups -OCH3 is 1. The Morgan fingerprint density at radius 1 is 1.11 bits per heavy atom. The van der Waals surface area contributed by atoms with E-state index in [0.717, 1.165) is 35.1 Å². The van der Waals surface area contributed by atoms with Crippen LogP contribution in [-0.4, -0.2) is 24.3 Å². The number of carbonyl (C=O) groups is 2. The van der Waals surface area contributed by atoms with Crippen molar-refractivity contribution < 1.29 is 23.6 Å². The van der Waals surface area contributed by atoms with Crippen LogP contribution in [0.3, 0.4) is 0 Å². The fourth-order valence-corrected chi connectivity index (χ4v) is 5.62. The highest BCUT2D eigenvalue weighted by atomic mass is 35.5. The van der Waals surface area contributed by atoms with E-state index in [4.69, 9.17) is 25.6 Å². The van der Waals surface area contributed by atoms with E-state index < -0.39 is 12.2 Å². The lowest BCUT2D eigenvalue weighted by Gasteiger charge is -2.22. The second kappa shape index (κ2) is 10.9. The number of amides is 1. The molecule has 7 nitrogen and oxygen atoms in total. The number of halogens is 1. The molecule has 1 N–H and O–H groups in total. The molecule has 4 unspecified atom stereocenters. The molecule has 1 saturated carbocycles. The lowest BCUT2D eigenvalue weighted by Crippen LogP contribution is -2.22.